The average molecular weight is 248 g/mol. The van der Waals surface area contributed by atoms with E-state index in [4.69, 9.17) is 0 Å². The van der Waals surface area contributed by atoms with Crippen molar-refractivity contribution in [3.8, 4) is 0 Å². The first-order valence-electron chi connectivity index (χ1n) is 6.04. The van der Waals surface area contributed by atoms with Crippen molar-refractivity contribution in [2.24, 2.45) is 0 Å². The van der Waals surface area contributed by atoms with Gasteiger partial charge in [-0.2, -0.15) is 0 Å². The summed E-state index contributed by atoms with van der Waals surface area (Å²) in [6.07, 6.45) is 5.62. The molecule has 0 radical (unpaired) electrons. The van der Waals surface area contributed by atoms with Crippen LogP contribution >= 0.6 is 11.8 Å². The molecule has 0 amide bonds. The first kappa shape index (κ1) is 14.0. The van der Waals surface area contributed by atoms with Crippen LogP contribution in [0.4, 0.5) is 0 Å². The third kappa shape index (κ3) is 5.73. The highest BCUT2D eigenvalue weighted by atomic mass is 32.2. The number of benzene rings is 1. The van der Waals surface area contributed by atoms with Gasteiger partial charge in [-0.1, -0.05) is 32.1 Å². The molecule has 1 atom stereocenters. The van der Waals surface area contributed by atoms with Crippen LogP contribution in [0.3, 0.4) is 0 Å². The lowest BCUT2D eigenvalue weighted by molar-refractivity contribution is -0.112. The van der Waals surface area contributed by atoms with E-state index >= 15 is 0 Å². The number of carbonyl (C=O) groups excluding carboxylic acids is 1. The molecular formula is C15H20OS. The fourth-order valence-electron chi connectivity index (χ4n) is 1.51. The summed E-state index contributed by atoms with van der Waals surface area (Å²) in [6, 6.07) is 8.71. The second kappa shape index (κ2) is 7.33. The molecule has 0 saturated carbocycles. The van der Waals surface area contributed by atoms with Crippen LogP contribution in [0, 0.1) is 0 Å². The predicted molar refractivity (Wildman–Crippen MR) is 75.6 cm³/mol. The van der Waals surface area contributed by atoms with Crippen molar-refractivity contribution < 1.29 is 4.79 Å². The monoisotopic (exact) mass is 248 g/mol. The van der Waals surface area contributed by atoms with Crippen molar-refractivity contribution in [1.29, 1.82) is 0 Å². The SMILES string of the molecule is CCc1ccc(SC(C)CC=CC(C)=O)cc1. The lowest BCUT2D eigenvalue weighted by Crippen LogP contribution is -1.94. The van der Waals surface area contributed by atoms with Gasteiger partial charge in [0, 0.05) is 10.1 Å². The standard InChI is InChI=1S/C15H20OS/c1-4-14-8-10-15(11-9-14)17-13(3)7-5-6-12(2)16/h5-6,8-11,13H,4,7H2,1-3H3. The van der Waals surface area contributed by atoms with Gasteiger partial charge < -0.3 is 0 Å². The number of rotatable bonds is 6. The molecular weight excluding hydrogens is 228 g/mol. The largest absolute Gasteiger partial charge is 0.295 e. The summed E-state index contributed by atoms with van der Waals surface area (Å²) in [4.78, 5) is 12.1. The van der Waals surface area contributed by atoms with Crippen LogP contribution in [-0.4, -0.2) is 11.0 Å². The molecule has 0 spiro atoms. The molecule has 0 bridgehead atoms. The third-order valence-electron chi connectivity index (χ3n) is 2.49. The molecule has 0 aliphatic rings. The number of thioether (sulfide) groups is 1. The second-order valence-corrected chi connectivity index (χ2v) is 5.69. The smallest absolute Gasteiger partial charge is 0.152 e. The Morgan fingerprint density at radius 3 is 2.53 bits per heavy atom. The lowest BCUT2D eigenvalue weighted by atomic mass is 10.2. The van der Waals surface area contributed by atoms with Gasteiger partial charge in [-0.05, 0) is 43.5 Å². The molecule has 1 rings (SSSR count). The topological polar surface area (TPSA) is 17.1 Å². The summed E-state index contributed by atoms with van der Waals surface area (Å²) < 4.78 is 0. The molecule has 1 aromatic carbocycles. The average Bonchev–Trinajstić information content (AvgIpc) is 2.29. The first-order chi connectivity index (χ1) is 8.11. The Morgan fingerprint density at radius 2 is 2.00 bits per heavy atom. The van der Waals surface area contributed by atoms with E-state index in [-0.39, 0.29) is 5.78 Å². The van der Waals surface area contributed by atoms with Crippen molar-refractivity contribution in [1.82, 2.24) is 0 Å². The Balaban J connectivity index is 2.44. The molecule has 0 heterocycles. The van der Waals surface area contributed by atoms with Gasteiger partial charge in [-0.15, -0.1) is 11.8 Å². The Hall–Kier alpha value is -1.02. The first-order valence-corrected chi connectivity index (χ1v) is 6.92. The Kier molecular flexibility index (Phi) is 6.06. The molecule has 0 fully saturated rings. The maximum absolute atomic E-state index is 10.8. The van der Waals surface area contributed by atoms with Crippen molar-refractivity contribution in [2.75, 3.05) is 0 Å². The van der Waals surface area contributed by atoms with Crippen LogP contribution in [0.25, 0.3) is 0 Å². The highest BCUT2D eigenvalue weighted by Gasteiger charge is 2.02. The quantitative estimate of drug-likeness (QED) is 0.552. The van der Waals surface area contributed by atoms with Gasteiger partial charge in [-0.3, -0.25) is 4.79 Å². The maximum atomic E-state index is 10.8. The van der Waals surface area contributed by atoms with Crippen LogP contribution in [0.1, 0.15) is 32.8 Å². The number of carbonyl (C=O) groups is 1. The zero-order chi connectivity index (χ0) is 12.7. The molecule has 1 unspecified atom stereocenters. The van der Waals surface area contributed by atoms with Crippen molar-refractivity contribution in [3.63, 3.8) is 0 Å². The van der Waals surface area contributed by atoms with Crippen LogP contribution < -0.4 is 0 Å². The van der Waals surface area contributed by atoms with E-state index in [9.17, 15) is 4.79 Å². The number of hydrogen-bond acceptors (Lipinski definition) is 2. The van der Waals surface area contributed by atoms with Crippen LogP contribution in [0.2, 0.25) is 0 Å². The van der Waals surface area contributed by atoms with Crippen LogP contribution in [0.5, 0.6) is 0 Å². The summed E-state index contributed by atoms with van der Waals surface area (Å²) >= 11 is 1.85. The molecule has 0 aromatic heterocycles. The van der Waals surface area contributed by atoms with Gasteiger partial charge in [0.15, 0.2) is 5.78 Å². The molecule has 0 saturated heterocycles. The van der Waals surface area contributed by atoms with E-state index in [1.165, 1.54) is 10.5 Å². The van der Waals surface area contributed by atoms with Crippen molar-refractivity contribution in [3.05, 3.63) is 42.0 Å². The Bertz CT molecular complexity index is 378. The van der Waals surface area contributed by atoms with E-state index < -0.39 is 0 Å². The summed E-state index contributed by atoms with van der Waals surface area (Å²) in [5.74, 6) is 0.120. The van der Waals surface area contributed by atoms with E-state index in [0.29, 0.717) is 5.25 Å². The Labute approximate surface area is 108 Å². The third-order valence-corrected chi connectivity index (χ3v) is 3.63. The minimum Gasteiger partial charge on any atom is -0.295 e. The molecule has 92 valence electrons. The van der Waals surface area contributed by atoms with E-state index in [2.05, 4.69) is 38.1 Å². The van der Waals surface area contributed by atoms with E-state index in [1.54, 1.807) is 13.0 Å². The van der Waals surface area contributed by atoms with Crippen molar-refractivity contribution >= 4 is 17.5 Å². The second-order valence-electron chi connectivity index (χ2n) is 4.17. The highest BCUT2D eigenvalue weighted by Crippen LogP contribution is 2.25. The summed E-state index contributed by atoms with van der Waals surface area (Å²) in [5.41, 5.74) is 1.37. The number of aryl methyl sites for hydroxylation is 1. The van der Waals surface area contributed by atoms with Gasteiger partial charge in [0.25, 0.3) is 0 Å². The van der Waals surface area contributed by atoms with Gasteiger partial charge >= 0.3 is 0 Å². The zero-order valence-electron chi connectivity index (χ0n) is 10.8. The molecule has 0 N–H and O–H groups in total. The summed E-state index contributed by atoms with van der Waals surface area (Å²) in [7, 11) is 0. The highest BCUT2D eigenvalue weighted by molar-refractivity contribution is 7.99. The molecule has 17 heavy (non-hydrogen) atoms. The number of ketones is 1. The minimum atomic E-state index is 0.120. The normalized spacial score (nSPS) is 12.9. The fourth-order valence-corrected chi connectivity index (χ4v) is 2.47. The van der Waals surface area contributed by atoms with Gasteiger partial charge in [0.1, 0.15) is 0 Å². The maximum Gasteiger partial charge on any atom is 0.152 e. The molecule has 2 heteroatoms. The van der Waals surface area contributed by atoms with E-state index in [1.807, 2.05) is 17.8 Å². The lowest BCUT2D eigenvalue weighted by Gasteiger charge is -2.08. The molecule has 0 aliphatic carbocycles. The van der Waals surface area contributed by atoms with E-state index in [0.717, 1.165) is 12.8 Å². The molecule has 0 aliphatic heterocycles. The minimum absolute atomic E-state index is 0.120. The fraction of sp³-hybridized carbons (Fsp3) is 0.400. The van der Waals surface area contributed by atoms with Gasteiger partial charge in [-0.25, -0.2) is 0 Å². The van der Waals surface area contributed by atoms with Gasteiger partial charge in [0.05, 0.1) is 0 Å². The van der Waals surface area contributed by atoms with Crippen molar-refractivity contribution in [2.45, 2.75) is 43.8 Å². The predicted octanol–water partition coefficient (Wildman–Crippen LogP) is 4.26. The summed E-state index contributed by atoms with van der Waals surface area (Å²) in [6.45, 7) is 5.93. The number of hydrogen-bond donors (Lipinski definition) is 0. The summed E-state index contributed by atoms with van der Waals surface area (Å²) in [5, 5.41) is 0.498. The van der Waals surface area contributed by atoms with Gasteiger partial charge in [0.2, 0.25) is 0 Å². The Morgan fingerprint density at radius 1 is 1.35 bits per heavy atom. The molecule has 1 aromatic rings. The number of allylic oxidation sites excluding steroid dienone is 2. The van der Waals surface area contributed by atoms with Crippen LogP contribution in [0.15, 0.2) is 41.3 Å². The molecule has 1 nitrogen and oxygen atoms in total. The van der Waals surface area contributed by atoms with Crippen LogP contribution in [-0.2, 0) is 11.2 Å². The zero-order valence-corrected chi connectivity index (χ0v) is 11.6.